The molecule has 0 aromatic heterocycles. The van der Waals surface area contributed by atoms with E-state index in [-0.39, 0.29) is 5.60 Å². The lowest BCUT2D eigenvalue weighted by atomic mass is 9.73. The van der Waals surface area contributed by atoms with Crippen LogP contribution in [0.15, 0.2) is 0 Å². The highest BCUT2D eigenvalue weighted by atomic mass is 16.5. The highest BCUT2D eigenvalue weighted by Crippen LogP contribution is 2.42. The molecular formula is C17H33NO. The number of ether oxygens (including phenoxy) is 1. The normalized spacial score (nSPS) is 26.4. The van der Waals surface area contributed by atoms with Gasteiger partial charge in [0.05, 0.1) is 5.60 Å². The van der Waals surface area contributed by atoms with Crippen molar-refractivity contribution in [2.45, 2.75) is 90.2 Å². The van der Waals surface area contributed by atoms with Gasteiger partial charge in [0.15, 0.2) is 0 Å². The predicted molar refractivity (Wildman–Crippen MR) is 81.5 cm³/mol. The molecular weight excluding hydrogens is 234 g/mol. The molecule has 0 radical (unpaired) electrons. The molecule has 1 atom stereocenters. The summed E-state index contributed by atoms with van der Waals surface area (Å²) in [5, 5.41) is 3.83. The first-order valence-electron chi connectivity index (χ1n) is 8.43. The molecule has 2 aliphatic rings. The number of rotatable bonds is 7. The van der Waals surface area contributed by atoms with Crippen molar-refractivity contribution in [2.75, 3.05) is 13.2 Å². The lowest BCUT2D eigenvalue weighted by Gasteiger charge is -2.47. The van der Waals surface area contributed by atoms with E-state index in [2.05, 4.69) is 26.1 Å². The van der Waals surface area contributed by atoms with E-state index >= 15 is 0 Å². The fraction of sp³-hybridized carbons (Fsp3) is 1.00. The minimum absolute atomic E-state index is 0.280. The first-order chi connectivity index (χ1) is 9.05. The van der Waals surface area contributed by atoms with E-state index < -0.39 is 0 Å². The molecule has 2 nitrogen and oxygen atoms in total. The second-order valence-electron chi connectivity index (χ2n) is 7.58. The topological polar surface area (TPSA) is 21.3 Å². The maximum Gasteiger partial charge on any atom is 0.0697 e. The Hall–Kier alpha value is -0.0800. The highest BCUT2D eigenvalue weighted by molar-refractivity contribution is 4.96. The van der Waals surface area contributed by atoms with Gasteiger partial charge in [0.1, 0.15) is 0 Å². The van der Waals surface area contributed by atoms with Crippen molar-refractivity contribution in [1.29, 1.82) is 0 Å². The summed E-state index contributed by atoms with van der Waals surface area (Å²) in [6.45, 7) is 9.24. The summed E-state index contributed by atoms with van der Waals surface area (Å²) in [6, 6.07) is 0.694. The SMILES string of the molecule is CCCCCC(C)(C)CNC1CCOC2(CCC2)C1. The smallest absolute Gasteiger partial charge is 0.0697 e. The van der Waals surface area contributed by atoms with E-state index in [4.69, 9.17) is 4.74 Å². The third kappa shape index (κ3) is 4.46. The van der Waals surface area contributed by atoms with Crippen LogP contribution in [0, 0.1) is 5.41 Å². The van der Waals surface area contributed by atoms with Crippen LogP contribution in [0.5, 0.6) is 0 Å². The Morgan fingerprint density at radius 3 is 2.68 bits per heavy atom. The zero-order chi connectivity index (χ0) is 13.8. The largest absolute Gasteiger partial charge is 0.375 e. The van der Waals surface area contributed by atoms with E-state index in [9.17, 15) is 0 Å². The molecule has 112 valence electrons. The van der Waals surface area contributed by atoms with Gasteiger partial charge < -0.3 is 10.1 Å². The van der Waals surface area contributed by atoms with Crippen LogP contribution in [-0.2, 0) is 4.74 Å². The van der Waals surface area contributed by atoms with Crippen LogP contribution >= 0.6 is 0 Å². The molecule has 1 N–H and O–H groups in total. The molecule has 1 aliphatic heterocycles. The Balaban J connectivity index is 1.69. The van der Waals surface area contributed by atoms with Crippen molar-refractivity contribution < 1.29 is 4.74 Å². The first kappa shape index (κ1) is 15.3. The minimum atomic E-state index is 0.280. The zero-order valence-corrected chi connectivity index (χ0v) is 13.3. The lowest BCUT2D eigenvalue weighted by Crippen LogP contribution is -2.52. The molecule has 2 heteroatoms. The quantitative estimate of drug-likeness (QED) is 0.695. The molecule has 0 aromatic carbocycles. The standard InChI is InChI=1S/C17H33NO/c1-4-5-6-9-16(2,3)14-18-15-8-12-19-17(13-15)10-7-11-17/h15,18H,4-14H2,1-3H3. The molecule has 1 heterocycles. The van der Waals surface area contributed by atoms with Gasteiger partial charge in [0.25, 0.3) is 0 Å². The summed E-state index contributed by atoms with van der Waals surface area (Å²) >= 11 is 0. The Morgan fingerprint density at radius 1 is 1.26 bits per heavy atom. The van der Waals surface area contributed by atoms with Crippen molar-refractivity contribution in [3.05, 3.63) is 0 Å². The summed E-state index contributed by atoms with van der Waals surface area (Å²) in [6.07, 6.45) is 11.8. The summed E-state index contributed by atoms with van der Waals surface area (Å²) in [4.78, 5) is 0. The van der Waals surface area contributed by atoms with Crippen molar-refractivity contribution in [3.63, 3.8) is 0 Å². The molecule has 0 bridgehead atoms. The average Bonchev–Trinajstić information content (AvgIpc) is 2.35. The fourth-order valence-electron chi connectivity index (χ4n) is 3.48. The van der Waals surface area contributed by atoms with Gasteiger partial charge in [-0.25, -0.2) is 0 Å². The Kier molecular flexibility index (Phi) is 5.30. The lowest BCUT2D eigenvalue weighted by molar-refractivity contribution is -0.136. The van der Waals surface area contributed by atoms with Gasteiger partial charge in [0.2, 0.25) is 0 Å². The molecule has 1 aliphatic carbocycles. The van der Waals surface area contributed by atoms with Crippen LogP contribution < -0.4 is 5.32 Å². The second kappa shape index (κ2) is 6.58. The molecule has 0 amide bonds. The van der Waals surface area contributed by atoms with Crippen LogP contribution in [-0.4, -0.2) is 24.8 Å². The first-order valence-corrected chi connectivity index (χ1v) is 8.43. The zero-order valence-electron chi connectivity index (χ0n) is 13.3. The van der Waals surface area contributed by atoms with E-state index in [0.717, 1.165) is 13.2 Å². The summed E-state index contributed by atoms with van der Waals surface area (Å²) in [7, 11) is 0. The maximum absolute atomic E-state index is 6.00. The Morgan fingerprint density at radius 2 is 2.05 bits per heavy atom. The average molecular weight is 267 g/mol. The monoisotopic (exact) mass is 267 g/mol. The van der Waals surface area contributed by atoms with Crippen molar-refractivity contribution in [2.24, 2.45) is 5.41 Å². The van der Waals surface area contributed by atoms with Crippen LogP contribution in [0.3, 0.4) is 0 Å². The Bertz CT molecular complexity index is 270. The van der Waals surface area contributed by atoms with Gasteiger partial charge in [0, 0.05) is 19.2 Å². The van der Waals surface area contributed by atoms with Gasteiger partial charge in [-0.2, -0.15) is 0 Å². The van der Waals surface area contributed by atoms with E-state index in [1.54, 1.807) is 0 Å². The number of hydrogen-bond donors (Lipinski definition) is 1. The second-order valence-corrected chi connectivity index (χ2v) is 7.58. The van der Waals surface area contributed by atoms with E-state index in [1.807, 2.05) is 0 Å². The predicted octanol–water partition coefficient (Wildman–Crippen LogP) is 4.28. The Labute approximate surface area is 119 Å². The van der Waals surface area contributed by atoms with Gasteiger partial charge in [-0.05, 0) is 43.9 Å². The third-order valence-electron chi connectivity index (χ3n) is 5.08. The molecule has 1 spiro atoms. The van der Waals surface area contributed by atoms with E-state index in [0.29, 0.717) is 11.5 Å². The van der Waals surface area contributed by atoms with Crippen LogP contribution in [0.2, 0.25) is 0 Å². The van der Waals surface area contributed by atoms with Gasteiger partial charge in [-0.3, -0.25) is 0 Å². The summed E-state index contributed by atoms with van der Waals surface area (Å²) < 4.78 is 6.00. The van der Waals surface area contributed by atoms with Crippen LogP contribution in [0.4, 0.5) is 0 Å². The molecule has 2 fully saturated rings. The van der Waals surface area contributed by atoms with Gasteiger partial charge >= 0.3 is 0 Å². The summed E-state index contributed by atoms with van der Waals surface area (Å²) in [5.74, 6) is 0. The van der Waals surface area contributed by atoms with E-state index in [1.165, 1.54) is 57.8 Å². The van der Waals surface area contributed by atoms with Crippen molar-refractivity contribution in [3.8, 4) is 0 Å². The fourth-order valence-corrected chi connectivity index (χ4v) is 3.48. The molecule has 1 unspecified atom stereocenters. The van der Waals surface area contributed by atoms with Crippen LogP contribution in [0.25, 0.3) is 0 Å². The molecule has 1 saturated heterocycles. The number of hydrogen-bond acceptors (Lipinski definition) is 2. The molecule has 1 saturated carbocycles. The van der Waals surface area contributed by atoms with Crippen molar-refractivity contribution >= 4 is 0 Å². The number of unbranched alkanes of at least 4 members (excludes halogenated alkanes) is 2. The molecule has 19 heavy (non-hydrogen) atoms. The highest BCUT2D eigenvalue weighted by Gasteiger charge is 2.42. The minimum Gasteiger partial charge on any atom is -0.375 e. The third-order valence-corrected chi connectivity index (χ3v) is 5.08. The maximum atomic E-state index is 6.00. The molecule has 2 rings (SSSR count). The number of nitrogens with one attached hydrogen (secondary N) is 1. The van der Waals surface area contributed by atoms with Gasteiger partial charge in [-0.15, -0.1) is 0 Å². The summed E-state index contributed by atoms with van der Waals surface area (Å²) in [5.41, 5.74) is 0.725. The van der Waals surface area contributed by atoms with Gasteiger partial charge in [-0.1, -0.05) is 40.0 Å². The molecule has 0 aromatic rings. The van der Waals surface area contributed by atoms with Crippen LogP contribution in [0.1, 0.15) is 78.6 Å². The van der Waals surface area contributed by atoms with Crippen molar-refractivity contribution in [1.82, 2.24) is 5.32 Å².